The highest BCUT2D eigenvalue weighted by Gasteiger charge is 2.25. The van der Waals surface area contributed by atoms with E-state index in [0.717, 1.165) is 25.0 Å². The topological polar surface area (TPSA) is 42.2 Å². The Morgan fingerprint density at radius 2 is 2.07 bits per heavy atom. The molecule has 0 atom stereocenters. The van der Waals surface area contributed by atoms with Gasteiger partial charge in [-0.15, -0.1) is 0 Å². The molecular weight excluding hydrogens is 190 g/mol. The highest BCUT2D eigenvalue weighted by atomic mass is 16.3. The molecule has 0 saturated carbocycles. The number of aliphatic hydroxyl groups is 1. The van der Waals surface area contributed by atoms with Gasteiger partial charge in [-0.25, -0.2) is 0 Å². The van der Waals surface area contributed by atoms with E-state index in [9.17, 15) is 9.90 Å². The smallest absolute Gasteiger partial charge is 0.256 e. The predicted molar refractivity (Wildman–Crippen MR) is 59.0 cm³/mol. The Hall–Kier alpha value is -1.09. The predicted octanol–water partition coefficient (Wildman–Crippen LogP) is 1.10. The van der Waals surface area contributed by atoms with Gasteiger partial charge in [0.1, 0.15) is 0 Å². The third-order valence-electron chi connectivity index (χ3n) is 3.15. The lowest BCUT2D eigenvalue weighted by Gasteiger charge is -2.19. The van der Waals surface area contributed by atoms with Crippen molar-refractivity contribution in [2.24, 2.45) is 7.05 Å². The van der Waals surface area contributed by atoms with Crippen molar-refractivity contribution in [3.63, 3.8) is 0 Å². The summed E-state index contributed by atoms with van der Waals surface area (Å²) in [4.78, 5) is 12.0. The van der Waals surface area contributed by atoms with Gasteiger partial charge in [0.15, 0.2) is 0 Å². The van der Waals surface area contributed by atoms with Crippen LogP contribution < -0.4 is 5.56 Å². The summed E-state index contributed by atoms with van der Waals surface area (Å²) in [7, 11) is 1.79. The molecule has 1 aliphatic rings. The van der Waals surface area contributed by atoms with Crippen molar-refractivity contribution in [3.8, 4) is 0 Å². The van der Waals surface area contributed by atoms with E-state index < -0.39 is 5.60 Å². The fraction of sp³-hybridized carbons (Fsp3) is 0.583. The second-order valence-corrected chi connectivity index (χ2v) is 4.81. The number of aromatic nitrogens is 1. The fourth-order valence-corrected chi connectivity index (χ4v) is 2.27. The minimum absolute atomic E-state index is 0.0665. The Morgan fingerprint density at radius 3 is 2.67 bits per heavy atom. The minimum Gasteiger partial charge on any atom is -0.386 e. The third-order valence-corrected chi connectivity index (χ3v) is 3.15. The second kappa shape index (κ2) is 3.20. The van der Waals surface area contributed by atoms with E-state index in [4.69, 9.17) is 0 Å². The molecule has 2 rings (SSSR count). The summed E-state index contributed by atoms with van der Waals surface area (Å²) in [6.07, 6.45) is 3.11. The number of hydrogen-bond donors (Lipinski definition) is 1. The van der Waals surface area contributed by atoms with Crippen LogP contribution >= 0.6 is 0 Å². The molecular formula is C12H17NO2. The van der Waals surface area contributed by atoms with Gasteiger partial charge >= 0.3 is 0 Å². The van der Waals surface area contributed by atoms with Gasteiger partial charge in [0.05, 0.1) is 5.60 Å². The Kier molecular flexibility index (Phi) is 2.23. The Labute approximate surface area is 89.4 Å². The van der Waals surface area contributed by atoms with Crippen LogP contribution in [0.3, 0.4) is 0 Å². The number of nitrogens with zero attached hydrogens (tertiary/aromatic N) is 1. The van der Waals surface area contributed by atoms with Gasteiger partial charge in [0.2, 0.25) is 0 Å². The van der Waals surface area contributed by atoms with Gasteiger partial charge in [-0.1, -0.05) is 0 Å². The van der Waals surface area contributed by atoms with Crippen molar-refractivity contribution >= 4 is 0 Å². The monoisotopic (exact) mass is 207 g/mol. The van der Waals surface area contributed by atoms with Crippen LogP contribution in [0.4, 0.5) is 0 Å². The first-order chi connectivity index (χ1) is 6.91. The van der Waals surface area contributed by atoms with Crippen LogP contribution in [0.25, 0.3) is 0 Å². The van der Waals surface area contributed by atoms with Gasteiger partial charge in [-0.2, -0.15) is 0 Å². The van der Waals surface area contributed by atoms with Crippen LogP contribution in [0, 0.1) is 0 Å². The SMILES string of the molecule is Cn1c2c(cc(C(C)(C)O)c1=O)CCC2. The average molecular weight is 207 g/mol. The molecule has 15 heavy (non-hydrogen) atoms. The van der Waals surface area contributed by atoms with E-state index in [0.29, 0.717) is 5.56 Å². The van der Waals surface area contributed by atoms with E-state index in [1.54, 1.807) is 25.5 Å². The first-order valence-electron chi connectivity index (χ1n) is 5.36. The molecule has 0 radical (unpaired) electrons. The highest BCUT2D eigenvalue weighted by Crippen LogP contribution is 2.24. The Morgan fingerprint density at radius 1 is 1.40 bits per heavy atom. The lowest BCUT2D eigenvalue weighted by molar-refractivity contribution is 0.0765. The van der Waals surface area contributed by atoms with Crippen molar-refractivity contribution in [3.05, 3.63) is 33.2 Å². The zero-order chi connectivity index (χ0) is 11.2. The van der Waals surface area contributed by atoms with Gasteiger partial charge in [0.25, 0.3) is 5.56 Å². The second-order valence-electron chi connectivity index (χ2n) is 4.81. The molecule has 0 spiro atoms. The van der Waals surface area contributed by atoms with E-state index in [2.05, 4.69) is 0 Å². The molecule has 0 unspecified atom stereocenters. The van der Waals surface area contributed by atoms with Crippen molar-refractivity contribution in [1.82, 2.24) is 4.57 Å². The molecule has 0 fully saturated rings. The zero-order valence-corrected chi connectivity index (χ0v) is 9.50. The number of aryl methyl sites for hydroxylation is 1. The number of fused-ring (bicyclic) bond motifs is 1. The fourth-order valence-electron chi connectivity index (χ4n) is 2.27. The molecule has 1 N–H and O–H groups in total. The van der Waals surface area contributed by atoms with Gasteiger partial charge in [-0.05, 0) is 44.7 Å². The normalized spacial score (nSPS) is 15.5. The van der Waals surface area contributed by atoms with E-state index >= 15 is 0 Å². The van der Waals surface area contributed by atoms with Gasteiger partial charge < -0.3 is 9.67 Å². The maximum atomic E-state index is 12.0. The maximum absolute atomic E-state index is 12.0. The van der Waals surface area contributed by atoms with Crippen molar-refractivity contribution in [1.29, 1.82) is 0 Å². The molecule has 0 bridgehead atoms. The molecule has 82 valence electrons. The molecule has 0 saturated heterocycles. The summed E-state index contributed by atoms with van der Waals surface area (Å²) < 4.78 is 1.69. The number of rotatable bonds is 1. The van der Waals surface area contributed by atoms with E-state index in [1.807, 2.05) is 6.07 Å². The molecule has 0 amide bonds. The van der Waals surface area contributed by atoms with Gasteiger partial charge in [0, 0.05) is 18.3 Å². The summed E-state index contributed by atoms with van der Waals surface area (Å²) >= 11 is 0. The molecule has 1 heterocycles. The molecule has 0 aliphatic heterocycles. The van der Waals surface area contributed by atoms with Crippen LogP contribution in [0.2, 0.25) is 0 Å². The highest BCUT2D eigenvalue weighted by molar-refractivity contribution is 5.32. The van der Waals surface area contributed by atoms with Crippen molar-refractivity contribution < 1.29 is 5.11 Å². The molecule has 1 aliphatic carbocycles. The van der Waals surface area contributed by atoms with E-state index in [1.165, 1.54) is 5.56 Å². The summed E-state index contributed by atoms with van der Waals surface area (Å²) in [6.45, 7) is 3.32. The van der Waals surface area contributed by atoms with Crippen LogP contribution in [0.1, 0.15) is 37.1 Å². The summed E-state index contributed by atoms with van der Waals surface area (Å²) in [5, 5.41) is 9.91. The first-order valence-corrected chi connectivity index (χ1v) is 5.36. The lowest BCUT2D eigenvalue weighted by atomic mass is 9.97. The lowest BCUT2D eigenvalue weighted by Crippen LogP contribution is -2.32. The Bertz CT molecular complexity index is 452. The Balaban J connectivity index is 2.70. The maximum Gasteiger partial charge on any atom is 0.256 e. The summed E-state index contributed by atoms with van der Waals surface area (Å²) in [5.41, 5.74) is 1.74. The summed E-state index contributed by atoms with van der Waals surface area (Å²) in [6, 6.07) is 1.88. The standard InChI is InChI=1S/C12H17NO2/c1-12(2,15)9-7-8-5-4-6-10(8)13(3)11(9)14/h7,15H,4-6H2,1-3H3. The van der Waals surface area contributed by atoms with Crippen LogP contribution in [0.15, 0.2) is 10.9 Å². The van der Waals surface area contributed by atoms with Gasteiger partial charge in [-0.3, -0.25) is 4.79 Å². The first kappa shape index (κ1) is 10.4. The van der Waals surface area contributed by atoms with Crippen LogP contribution in [-0.4, -0.2) is 9.67 Å². The minimum atomic E-state index is -1.05. The third kappa shape index (κ3) is 1.61. The molecule has 1 aromatic heterocycles. The zero-order valence-electron chi connectivity index (χ0n) is 9.50. The quantitative estimate of drug-likeness (QED) is 0.749. The molecule has 1 aromatic rings. The largest absolute Gasteiger partial charge is 0.386 e. The van der Waals surface area contributed by atoms with E-state index in [-0.39, 0.29) is 5.56 Å². The van der Waals surface area contributed by atoms with Crippen molar-refractivity contribution in [2.45, 2.75) is 38.7 Å². The van der Waals surface area contributed by atoms with Crippen LogP contribution in [0.5, 0.6) is 0 Å². The number of pyridine rings is 1. The number of hydrogen-bond acceptors (Lipinski definition) is 2. The van der Waals surface area contributed by atoms with Crippen LogP contribution in [-0.2, 0) is 25.5 Å². The molecule has 3 nitrogen and oxygen atoms in total. The average Bonchev–Trinajstić information content (AvgIpc) is 2.57. The molecule has 3 heteroatoms. The summed E-state index contributed by atoms with van der Waals surface area (Å²) in [5.74, 6) is 0. The van der Waals surface area contributed by atoms with Crippen molar-refractivity contribution in [2.75, 3.05) is 0 Å². The molecule has 0 aromatic carbocycles.